The molecule has 0 bridgehead atoms. The first-order valence-corrected chi connectivity index (χ1v) is 8.21. The van der Waals surface area contributed by atoms with Gasteiger partial charge in [-0.25, -0.2) is 4.39 Å². The van der Waals surface area contributed by atoms with E-state index in [-0.39, 0.29) is 17.2 Å². The lowest BCUT2D eigenvalue weighted by Gasteiger charge is -2.19. The normalized spacial score (nSPS) is 16.2. The molecule has 0 unspecified atom stereocenters. The molecule has 1 saturated carbocycles. The number of benzene rings is 1. The molecule has 4 nitrogen and oxygen atoms in total. The lowest BCUT2D eigenvalue weighted by Crippen LogP contribution is -2.08. The van der Waals surface area contributed by atoms with Gasteiger partial charge in [-0.1, -0.05) is 30.5 Å². The Morgan fingerprint density at radius 1 is 1.29 bits per heavy atom. The zero-order valence-corrected chi connectivity index (χ0v) is 12.4. The molecule has 1 aliphatic rings. The summed E-state index contributed by atoms with van der Waals surface area (Å²) < 4.78 is 18.8. The fourth-order valence-electron chi connectivity index (χ4n) is 2.56. The third-order valence-electron chi connectivity index (χ3n) is 3.67. The Bertz CT molecular complexity index is 591. The van der Waals surface area contributed by atoms with Gasteiger partial charge < -0.3 is 9.63 Å². The fraction of sp³-hybridized carbons (Fsp3) is 0.467. The minimum Gasteiger partial charge on any atom is -0.507 e. The van der Waals surface area contributed by atoms with Gasteiger partial charge in [-0.05, 0) is 25.0 Å². The van der Waals surface area contributed by atoms with Crippen molar-refractivity contribution in [3.63, 3.8) is 0 Å². The molecule has 1 fully saturated rings. The number of aromatic hydroxyl groups is 1. The van der Waals surface area contributed by atoms with Crippen molar-refractivity contribution in [1.29, 1.82) is 0 Å². The summed E-state index contributed by atoms with van der Waals surface area (Å²) in [5.74, 6) is 0.479. The summed E-state index contributed by atoms with van der Waals surface area (Å²) in [7, 11) is 0. The number of hydrogen-bond donors (Lipinski definition) is 1. The van der Waals surface area contributed by atoms with Gasteiger partial charge in [-0.3, -0.25) is 0 Å². The van der Waals surface area contributed by atoms with E-state index in [1.54, 1.807) is 0 Å². The van der Waals surface area contributed by atoms with E-state index in [0.717, 1.165) is 0 Å². The first-order valence-electron chi connectivity index (χ1n) is 7.16. The number of halogens is 1. The predicted molar refractivity (Wildman–Crippen MR) is 79.5 cm³/mol. The molecule has 0 spiro atoms. The lowest BCUT2D eigenvalue weighted by atomic mass is 10.0. The summed E-state index contributed by atoms with van der Waals surface area (Å²) in [5, 5.41) is 14.2. The summed E-state index contributed by atoms with van der Waals surface area (Å²) >= 11 is 1.83. The van der Waals surface area contributed by atoms with Crippen LogP contribution in [0.2, 0.25) is 0 Å². The predicted octanol–water partition coefficient (Wildman–Crippen LogP) is 4.15. The van der Waals surface area contributed by atoms with Gasteiger partial charge in [-0.15, -0.1) is 0 Å². The zero-order valence-electron chi connectivity index (χ0n) is 11.6. The molecule has 112 valence electrons. The SMILES string of the molecule is Oc1cccc(F)c1-c1nc(CSC2CCCCC2)no1. The Balaban J connectivity index is 1.68. The highest BCUT2D eigenvalue weighted by molar-refractivity contribution is 7.99. The maximum Gasteiger partial charge on any atom is 0.264 e. The van der Waals surface area contributed by atoms with Crippen LogP contribution >= 0.6 is 11.8 Å². The molecule has 1 aromatic carbocycles. The van der Waals surface area contributed by atoms with Gasteiger partial charge in [0.2, 0.25) is 0 Å². The number of phenols is 1. The van der Waals surface area contributed by atoms with E-state index in [0.29, 0.717) is 16.8 Å². The van der Waals surface area contributed by atoms with Gasteiger partial charge in [0.15, 0.2) is 5.82 Å². The molecule has 1 aromatic heterocycles. The van der Waals surface area contributed by atoms with Gasteiger partial charge in [-0.2, -0.15) is 16.7 Å². The largest absolute Gasteiger partial charge is 0.507 e. The van der Waals surface area contributed by atoms with Crippen LogP contribution in [0.15, 0.2) is 22.7 Å². The highest BCUT2D eigenvalue weighted by atomic mass is 32.2. The van der Waals surface area contributed by atoms with Crippen molar-refractivity contribution in [2.75, 3.05) is 0 Å². The highest BCUT2D eigenvalue weighted by Crippen LogP contribution is 2.32. The molecule has 3 rings (SSSR count). The lowest BCUT2D eigenvalue weighted by molar-refractivity contribution is 0.415. The molecule has 1 heterocycles. The maximum atomic E-state index is 13.7. The number of nitrogens with zero attached hydrogens (tertiary/aromatic N) is 2. The van der Waals surface area contributed by atoms with E-state index in [1.165, 1.54) is 50.3 Å². The standard InChI is InChI=1S/C15H17FN2O2S/c16-11-7-4-8-12(19)14(11)15-17-13(18-20-15)9-21-10-5-2-1-3-6-10/h4,7-8,10,19H,1-3,5-6,9H2. The second-order valence-corrected chi connectivity index (χ2v) is 6.51. The van der Waals surface area contributed by atoms with Crippen molar-refractivity contribution in [3.05, 3.63) is 29.8 Å². The zero-order chi connectivity index (χ0) is 14.7. The van der Waals surface area contributed by atoms with Gasteiger partial charge >= 0.3 is 0 Å². The Kier molecular flexibility index (Phi) is 4.43. The quantitative estimate of drug-likeness (QED) is 0.919. The summed E-state index contributed by atoms with van der Waals surface area (Å²) in [6, 6.07) is 4.10. The Morgan fingerprint density at radius 2 is 2.10 bits per heavy atom. The van der Waals surface area contributed by atoms with Crippen molar-refractivity contribution < 1.29 is 14.0 Å². The third-order valence-corrected chi connectivity index (χ3v) is 5.04. The van der Waals surface area contributed by atoms with Crippen molar-refractivity contribution >= 4 is 11.8 Å². The smallest absolute Gasteiger partial charge is 0.264 e. The summed E-state index contributed by atoms with van der Waals surface area (Å²) in [6.45, 7) is 0. The van der Waals surface area contributed by atoms with Crippen LogP contribution < -0.4 is 0 Å². The first kappa shape index (κ1) is 14.4. The van der Waals surface area contributed by atoms with Gasteiger partial charge in [0.25, 0.3) is 5.89 Å². The molecular weight excluding hydrogens is 291 g/mol. The molecule has 0 radical (unpaired) electrons. The Hall–Kier alpha value is -1.56. The molecule has 2 aromatic rings. The molecule has 0 amide bonds. The highest BCUT2D eigenvalue weighted by Gasteiger charge is 2.19. The van der Waals surface area contributed by atoms with E-state index in [2.05, 4.69) is 10.1 Å². The minimum absolute atomic E-state index is 0.0288. The second-order valence-electron chi connectivity index (χ2n) is 5.22. The number of aromatic nitrogens is 2. The average Bonchev–Trinajstić information content (AvgIpc) is 2.95. The summed E-state index contributed by atoms with van der Waals surface area (Å²) in [5.41, 5.74) is -0.0288. The molecule has 1 aliphatic carbocycles. The molecule has 0 atom stereocenters. The van der Waals surface area contributed by atoms with Crippen LogP contribution in [0.1, 0.15) is 37.9 Å². The third kappa shape index (κ3) is 3.37. The number of rotatable bonds is 4. The van der Waals surface area contributed by atoms with Crippen LogP contribution in [0.5, 0.6) is 5.75 Å². The molecule has 21 heavy (non-hydrogen) atoms. The summed E-state index contributed by atoms with van der Waals surface area (Å²) in [6.07, 6.45) is 6.39. The maximum absolute atomic E-state index is 13.7. The van der Waals surface area contributed by atoms with Crippen molar-refractivity contribution in [1.82, 2.24) is 10.1 Å². The Labute approximate surface area is 126 Å². The van der Waals surface area contributed by atoms with Gasteiger partial charge in [0.05, 0.1) is 5.75 Å². The molecule has 0 saturated heterocycles. The van der Waals surface area contributed by atoms with E-state index >= 15 is 0 Å². The fourth-order valence-corrected chi connectivity index (χ4v) is 3.73. The van der Waals surface area contributed by atoms with Crippen molar-refractivity contribution in [2.45, 2.75) is 43.1 Å². The molecular formula is C15H17FN2O2S. The molecule has 1 N–H and O–H groups in total. The average molecular weight is 308 g/mol. The van der Waals surface area contributed by atoms with Crippen LogP contribution in [-0.4, -0.2) is 20.5 Å². The van der Waals surface area contributed by atoms with Gasteiger partial charge in [0, 0.05) is 5.25 Å². The van der Waals surface area contributed by atoms with Gasteiger partial charge in [0.1, 0.15) is 17.1 Å². The van der Waals surface area contributed by atoms with Crippen LogP contribution in [0.25, 0.3) is 11.5 Å². The summed E-state index contributed by atoms with van der Waals surface area (Å²) in [4.78, 5) is 4.19. The van der Waals surface area contributed by atoms with Crippen LogP contribution in [0.3, 0.4) is 0 Å². The van der Waals surface area contributed by atoms with Crippen LogP contribution in [0, 0.1) is 5.82 Å². The topological polar surface area (TPSA) is 59.2 Å². The number of thioether (sulfide) groups is 1. The van der Waals surface area contributed by atoms with E-state index in [1.807, 2.05) is 11.8 Å². The van der Waals surface area contributed by atoms with E-state index in [9.17, 15) is 9.50 Å². The Morgan fingerprint density at radius 3 is 2.86 bits per heavy atom. The van der Waals surface area contributed by atoms with E-state index < -0.39 is 5.82 Å². The minimum atomic E-state index is -0.565. The van der Waals surface area contributed by atoms with Crippen LogP contribution in [-0.2, 0) is 5.75 Å². The number of hydrogen-bond acceptors (Lipinski definition) is 5. The van der Waals surface area contributed by atoms with E-state index in [4.69, 9.17) is 4.52 Å². The molecule has 0 aliphatic heterocycles. The first-order chi connectivity index (χ1) is 10.2. The monoisotopic (exact) mass is 308 g/mol. The second kappa shape index (κ2) is 6.47. The van der Waals surface area contributed by atoms with Crippen molar-refractivity contribution in [3.8, 4) is 17.2 Å². The van der Waals surface area contributed by atoms with Crippen molar-refractivity contribution in [2.24, 2.45) is 0 Å². The number of phenolic OH excluding ortho intramolecular Hbond substituents is 1. The molecule has 6 heteroatoms. The van der Waals surface area contributed by atoms with Crippen LogP contribution in [0.4, 0.5) is 4.39 Å².